The first-order valence-electron chi connectivity index (χ1n) is 8.64. The number of ether oxygens (including phenoxy) is 1. The highest BCUT2D eigenvalue weighted by molar-refractivity contribution is 5.78. The Morgan fingerprint density at radius 2 is 1.78 bits per heavy atom. The van der Waals surface area contributed by atoms with E-state index in [2.05, 4.69) is 44.7 Å². The molecule has 1 rings (SSSR count). The SMILES string of the molecule is CCN(CC)CC(=O)N(CC)C(C)COc1ccc(C)cc1C. The summed E-state index contributed by atoms with van der Waals surface area (Å²) in [5.74, 6) is 1.07. The van der Waals surface area contributed by atoms with Crippen molar-refractivity contribution in [2.24, 2.45) is 0 Å². The number of benzene rings is 1. The van der Waals surface area contributed by atoms with Crippen LogP contribution in [0, 0.1) is 13.8 Å². The second-order valence-corrected chi connectivity index (χ2v) is 6.07. The Hall–Kier alpha value is -1.55. The van der Waals surface area contributed by atoms with Gasteiger partial charge in [0, 0.05) is 6.54 Å². The third-order valence-electron chi connectivity index (χ3n) is 4.26. The first-order valence-corrected chi connectivity index (χ1v) is 8.64. The van der Waals surface area contributed by atoms with Crippen LogP contribution in [0.3, 0.4) is 0 Å². The van der Waals surface area contributed by atoms with Gasteiger partial charge in [-0.3, -0.25) is 9.69 Å². The number of likely N-dealkylation sites (N-methyl/N-ethyl adjacent to an activating group) is 2. The largest absolute Gasteiger partial charge is 0.491 e. The zero-order chi connectivity index (χ0) is 17.4. The van der Waals surface area contributed by atoms with E-state index in [9.17, 15) is 4.79 Å². The van der Waals surface area contributed by atoms with E-state index in [-0.39, 0.29) is 11.9 Å². The summed E-state index contributed by atoms with van der Waals surface area (Å²) in [6, 6.07) is 6.23. The fourth-order valence-corrected chi connectivity index (χ4v) is 2.72. The summed E-state index contributed by atoms with van der Waals surface area (Å²) in [5, 5.41) is 0. The zero-order valence-corrected chi connectivity index (χ0v) is 15.6. The quantitative estimate of drug-likeness (QED) is 0.700. The Balaban J connectivity index is 2.62. The van der Waals surface area contributed by atoms with Crippen LogP contribution in [0.1, 0.15) is 38.8 Å². The minimum Gasteiger partial charge on any atom is -0.491 e. The van der Waals surface area contributed by atoms with Gasteiger partial charge < -0.3 is 9.64 Å². The van der Waals surface area contributed by atoms with Crippen molar-refractivity contribution in [1.29, 1.82) is 0 Å². The first-order chi connectivity index (χ1) is 10.9. The van der Waals surface area contributed by atoms with E-state index in [1.807, 2.05) is 24.8 Å². The van der Waals surface area contributed by atoms with E-state index in [0.717, 1.165) is 24.4 Å². The maximum absolute atomic E-state index is 12.5. The number of carbonyl (C=O) groups excluding carboxylic acids is 1. The average molecular weight is 320 g/mol. The fourth-order valence-electron chi connectivity index (χ4n) is 2.72. The molecule has 0 N–H and O–H groups in total. The van der Waals surface area contributed by atoms with Crippen LogP contribution in [0.25, 0.3) is 0 Å². The average Bonchev–Trinajstić information content (AvgIpc) is 2.52. The number of carbonyl (C=O) groups is 1. The van der Waals surface area contributed by atoms with Crippen molar-refractivity contribution < 1.29 is 9.53 Å². The lowest BCUT2D eigenvalue weighted by Crippen LogP contribution is -2.46. The van der Waals surface area contributed by atoms with Gasteiger partial charge in [0.2, 0.25) is 5.91 Å². The van der Waals surface area contributed by atoms with Gasteiger partial charge in [-0.2, -0.15) is 0 Å². The van der Waals surface area contributed by atoms with Crippen LogP contribution in [0.4, 0.5) is 0 Å². The van der Waals surface area contributed by atoms with Gasteiger partial charge in [0.15, 0.2) is 0 Å². The Labute approximate surface area is 141 Å². The number of hydrogen-bond donors (Lipinski definition) is 0. The minimum atomic E-state index is 0.0590. The van der Waals surface area contributed by atoms with Gasteiger partial charge in [0.25, 0.3) is 0 Å². The molecule has 1 amide bonds. The number of rotatable bonds is 9. The van der Waals surface area contributed by atoms with Crippen LogP contribution in [-0.4, -0.2) is 54.5 Å². The molecule has 0 aliphatic carbocycles. The predicted octanol–water partition coefficient (Wildman–Crippen LogP) is 3.26. The highest BCUT2D eigenvalue weighted by Gasteiger charge is 2.20. The van der Waals surface area contributed by atoms with Crippen molar-refractivity contribution in [3.63, 3.8) is 0 Å². The fraction of sp³-hybridized carbons (Fsp3) is 0.632. The molecule has 1 aromatic rings. The molecule has 0 radical (unpaired) electrons. The van der Waals surface area contributed by atoms with Crippen molar-refractivity contribution in [2.75, 3.05) is 32.8 Å². The van der Waals surface area contributed by atoms with Gasteiger partial charge in [-0.1, -0.05) is 31.5 Å². The van der Waals surface area contributed by atoms with Crippen LogP contribution >= 0.6 is 0 Å². The molecule has 0 spiro atoms. The highest BCUT2D eigenvalue weighted by Crippen LogP contribution is 2.19. The van der Waals surface area contributed by atoms with Gasteiger partial charge >= 0.3 is 0 Å². The second-order valence-electron chi connectivity index (χ2n) is 6.07. The van der Waals surface area contributed by atoms with Crippen LogP contribution in [-0.2, 0) is 4.79 Å². The summed E-state index contributed by atoms with van der Waals surface area (Å²) in [4.78, 5) is 16.5. The number of hydrogen-bond acceptors (Lipinski definition) is 3. The topological polar surface area (TPSA) is 32.8 Å². The summed E-state index contributed by atoms with van der Waals surface area (Å²) in [6.07, 6.45) is 0. The van der Waals surface area contributed by atoms with Gasteiger partial charge in [-0.15, -0.1) is 0 Å². The maximum atomic E-state index is 12.5. The molecular formula is C19H32N2O2. The van der Waals surface area contributed by atoms with Gasteiger partial charge in [-0.25, -0.2) is 0 Å². The van der Waals surface area contributed by atoms with Crippen LogP contribution in [0.2, 0.25) is 0 Å². The van der Waals surface area contributed by atoms with Crippen molar-refractivity contribution in [1.82, 2.24) is 9.80 Å². The maximum Gasteiger partial charge on any atom is 0.237 e. The normalized spacial score (nSPS) is 12.3. The Morgan fingerprint density at radius 1 is 1.13 bits per heavy atom. The molecule has 0 saturated heterocycles. The van der Waals surface area contributed by atoms with Crippen LogP contribution in [0.5, 0.6) is 5.75 Å². The molecule has 4 nitrogen and oxygen atoms in total. The first kappa shape index (κ1) is 19.5. The zero-order valence-electron chi connectivity index (χ0n) is 15.6. The van der Waals surface area contributed by atoms with Crippen molar-refractivity contribution in [3.05, 3.63) is 29.3 Å². The summed E-state index contributed by atoms with van der Waals surface area (Å²) in [7, 11) is 0. The van der Waals surface area contributed by atoms with Gasteiger partial charge in [0.1, 0.15) is 12.4 Å². The lowest BCUT2D eigenvalue weighted by Gasteiger charge is -2.30. The van der Waals surface area contributed by atoms with E-state index in [0.29, 0.717) is 19.7 Å². The van der Waals surface area contributed by atoms with Gasteiger partial charge in [-0.05, 0) is 52.4 Å². The lowest BCUT2D eigenvalue weighted by atomic mass is 10.1. The molecule has 1 atom stereocenters. The van der Waals surface area contributed by atoms with E-state index in [4.69, 9.17) is 4.74 Å². The Bertz CT molecular complexity index is 498. The lowest BCUT2D eigenvalue weighted by molar-refractivity contribution is -0.134. The molecule has 0 aliphatic heterocycles. The number of amides is 1. The van der Waals surface area contributed by atoms with Crippen molar-refractivity contribution >= 4 is 5.91 Å². The summed E-state index contributed by atoms with van der Waals surface area (Å²) in [5.41, 5.74) is 2.36. The minimum absolute atomic E-state index is 0.0590. The van der Waals surface area contributed by atoms with Crippen LogP contribution < -0.4 is 4.74 Å². The van der Waals surface area contributed by atoms with E-state index in [1.54, 1.807) is 0 Å². The molecule has 0 aliphatic rings. The smallest absolute Gasteiger partial charge is 0.237 e. The third kappa shape index (κ3) is 5.87. The van der Waals surface area contributed by atoms with Crippen LogP contribution in [0.15, 0.2) is 18.2 Å². The predicted molar refractivity (Wildman–Crippen MR) is 96.0 cm³/mol. The second kappa shape index (κ2) is 9.56. The number of nitrogens with zero attached hydrogens (tertiary/aromatic N) is 2. The van der Waals surface area contributed by atoms with E-state index < -0.39 is 0 Å². The Kier molecular flexibility index (Phi) is 8.10. The molecule has 0 aromatic heterocycles. The summed E-state index contributed by atoms with van der Waals surface area (Å²) < 4.78 is 5.94. The molecule has 130 valence electrons. The summed E-state index contributed by atoms with van der Waals surface area (Å²) >= 11 is 0. The monoisotopic (exact) mass is 320 g/mol. The molecule has 0 fully saturated rings. The standard InChI is InChI=1S/C19H32N2O2/c1-7-20(8-2)13-19(22)21(9-3)17(6)14-23-18-11-10-15(4)12-16(18)5/h10-12,17H,7-9,13-14H2,1-6H3. The van der Waals surface area contributed by atoms with Crippen molar-refractivity contribution in [3.8, 4) is 5.75 Å². The highest BCUT2D eigenvalue weighted by atomic mass is 16.5. The van der Waals surface area contributed by atoms with Crippen molar-refractivity contribution in [2.45, 2.75) is 47.6 Å². The number of aryl methyl sites for hydroxylation is 2. The van der Waals surface area contributed by atoms with Gasteiger partial charge in [0.05, 0.1) is 12.6 Å². The van der Waals surface area contributed by atoms with E-state index >= 15 is 0 Å². The molecule has 1 aromatic carbocycles. The molecule has 0 heterocycles. The molecule has 0 bridgehead atoms. The summed E-state index contributed by atoms with van der Waals surface area (Å²) in [6.45, 7) is 15.9. The molecule has 0 saturated carbocycles. The third-order valence-corrected chi connectivity index (χ3v) is 4.26. The molecule has 4 heteroatoms. The van der Waals surface area contributed by atoms with E-state index in [1.165, 1.54) is 5.56 Å². The molecule has 23 heavy (non-hydrogen) atoms. The Morgan fingerprint density at radius 3 is 2.30 bits per heavy atom. The molecule has 1 unspecified atom stereocenters. The molecular weight excluding hydrogens is 288 g/mol.